The minimum Gasteiger partial charge on any atom is -0.352 e. The van der Waals surface area contributed by atoms with Crippen LogP contribution < -0.4 is 30.2 Å². The predicted molar refractivity (Wildman–Crippen MR) is 198 cm³/mol. The highest BCUT2D eigenvalue weighted by Gasteiger charge is 2.40. The van der Waals surface area contributed by atoms with Crippen molar-refractivity contribution in [2.75, 3.05) is 37.3 Å². The van der Waals surface area contributed by atoms with Crippen LogP contribution >= 0.6 is 0 Å². The number of hydrogen-bond donors (Lipinski definition) is 2. The zero-order chi connectivity index (χ0) is 31.6. The molecule has 6 heteroatoms. The molecule has 6 nitrogen and oxygen atoms in total. The lowest BCUT2D eigenvalue weighted by Gasteiger charge is -2.48. The zero-order valence-corrected chi connectivity index (χ0v) is 26.8. The molecule has 0 saturated carbocycles. The van der Waals surface area contributed by atoms with Crippen molar-refractivity contribution >= 4 is 79.6 Å². The summed E-state index contributed by atoms with van der Waals surface area (Å²) in [5.41, 5.74) is 18.5. The number of benzene rings is 6. The molecule has 0 saturated heterocycles. The Morgan fingerprint density at radius 1 is 0.447 bits per heavy atom. The Hall–Kier alpha value is -5.88. The molecule has 2 N–H and O–H groups in total. The van der Waals surface area contributed by atoms with E-state index in [2.05, 4.69) is 179 Å². The van der Waals surface area contributed by atoms with Crippen LogP contribution in [-0.2, 0) is 0 Å². The van der Waals surface area contributed by atoms with E-state index in [4.69, 9.17) is 0 Å². The second kappa shape index (κ2) is 9.10. The Kier molecular flexibility index (Phi) is 5.10. The van der Waals surface area contributed by atoms with Crippen molar-refractivity contribution in [2.24, 2.45) is 0 Å². The monoisotopic (exact) mass is 610 g/mol. The second-order valence-corrected chi connectivity index (χ2v) is 13.7. The number of fused-ring (bicyclic) bond motifs is 8. The van der Waals surface area contributed by atoms with Gasteiger partial charge in [-0.25, -0.2) is 0 Å². The molecule has 6 aromatic carbocycles. The van der Waals surface area contributed by atoms with Crippen molar-refractivity contribution in [3.8, 4) is 11.1 Å². The summed E-state index contributed by atoms with van der Waals surface area (Å²) in [6.07, 6.45) is 0. The first-order chi connectivity index (χ1) is 22.9. The van der Waals surface area contributed by atoms with E-state index < -0.39 is 0 Å². The molecule has 0 unspecified atom stereocenters. The topological polar surface area (TPSA) is 37.0 Å². The number of hydrogen-bond acceptors (Lipinski definition) is 6. The van der Waals surface area contributed by atoms with Gasteiger partial charge in [-0.05, 0) is 93.1 Å². The van der Waals surface area contributed by atoms with Crippen LogP contribution in [0.4, 0.5) is 79.6 Å². The zero-order valence-electron chi connectivity index (χ0n) is 26.8. The Morgan fingerprint density at radius 3 is 1.81 bits per heavy atom. The quantitative estimate of drug-likeness (QED) is 0.193. The van der Waals surface area contributed by atoms with Crippen LogP contribution in [0.5, 0.6) is 0 Å². The van der Waals surface area contributed by atoms with Gasteiger partial charge in [-0.3, -0.25) is 0 Å². The average Bonchev–Trinajstić information content (AvgIpc) is 3.08. The Balaban J connectivity index is 1.16. The standard InChI is InChI=1S/C41H34N6/c1-41(2,3)47-36-18-10-9-17-35(36)45-32-23-20-25(24-30(32)43-28-13-11-19-37(47)39(28)45)26-21-22-29-40-38(26)44(4)33-15-7-8-16-34(33)46(40)31-14-6-5-12-27(31)42-29/h5-24,42-43H,1-4H3. The summed E-state index contributed by atoms with van der Waals surface area (Å²) >= 11 is 0. The molecule has 47 heavy (non-hydrogen) atoms. The first-order valence-electron chi connectivity index (χ1n) is 16.3. The number of nitrogens with zero attached hydrogens (tertiary/aromatic N) is 4. The van der Waals surface area contributed by atoms with Gasteiger partial charge in [0, 0.05) is 18.2 Å². The third kappa shape index (κ3) is 3.50. The van der Waals surface area contributed by atoms with Gasteiger partial charge in [0.25, 0.3) is 0 Å². The Morgan fingerprint density at radius 2 is 1.02 bits per heavy atom. The first-order valence-corrected chi connectivity index (χ1v) is 16.3. The predicted octanol–water partition coefficient (Wildman–Crippen LogP) is 11.7. The van der Waals surface area contributed by atoms with Gasteiger partial charge in [0.2, 0.25) is 0 Å². The molecule has 0 fully saturated rings. The molecule has 6 aromatic rings. The van der Waals surface area contributed by atoms with E-state index in [9.17, 15) is 0 Å². The SMILES string of the molecule is CN1c2ccccc2N2c3ccccc3Nc3ccc(-c4ccc5c(c4)Nc4cccc6c4N5c4ccccc4N6C(C)(C)C)c1c32. The van der Waals surface area contributed by atoms with Gasteiger partial charge in [-0.2, -0.15) is 0 Å². The van der Waals surface area contributed by atoms with E-state index in [1.807, 2.05) is 0 Å². The highest BCUT2D eigenvalue weighted by atomic mass is 15.3. The lowest BCUT2D eigenvalue weighted by molar-refractivity contribution is 0.559. The average molecular weight is 611 g/mol. The molecule has 228 valence electrons. The van der Waals surface area contributed by atoms with Crippen LogP contribution in [0.15, 0.2) is 121 Å². The van der Waals surface area contributed by atoms with Crippen LogP contribution in [0.3, 0.4) is 0 Å². The molecule has 0 bridgehead atoms. The molecule has 0 spiro atoms. The molecule has 0 amide bonds. The Labute approximate surface area is 275 Å². The van der Waals surface area contributed by atoms with Gasteiger partial charge in [-0.1, -0.05) is 54.6 Å². The second-order valence-electron chi connectivity index (χ2n) is 13.7. The molecule has 4 heterocycles. The largest absolute Gasteiger partial charge is 0.352 e. The molecule has 4 aliphatic heterocycles. The molecular formula is C41H34N6. The van der Waals surface area contributed by atoms with E-state index >= 15 is 0 Å². The number of rotatable bonds is 1. The third-order valence-corrected chi connectivity index (χ3v) is 9.94. The van der Waals surface area contributed by atoms with Crippen LogP contribution in [-0.4, -0.2) is 12.6 Å². The maximum Gasteiger partial charge on any atom is 0.0944 e. The highest BCUT2D eigenvalue weighted by molar-refractivity contribution is 6.13. The molecule has 4 aliphatic rings. The minimum absolute atomic E-state index is 0.0941. The van der Waals surface area contributed by atoms with Crippen molar-refractivity contribution in [3.05, 3.63) is 121 Å². The number of anilines is 14. The third-order valence-electron chi connectivity index (χ3n) is 9.94. The molecular weight excluding hydrogens is 576 g/mol. The molecule has 10 rings (SSSR count). The van der Waals surface area contributed by atoms with Crippen molar-refractivity contribution in [1.29, 1.82) is 0 Å². The van der Waals surface area contributed by atoms with Gasteiger partial charge >= 0.3 is 0 Å². The van der Waals surface area contributed by atoms with E-state index in [0.717, 1.165) is 34.1 Å². The smallest absolute Gasteiger partial charge is 0.0944 e. The maximum absolute atomic E-state index is 3.85. The van der Waals surface area contributed by atoms with Crippen LogP contribution in [0, 0.1) is 0 Å². The minimum atomic E-state index is -0.0941. The van der Waals surface area contributed by atoms with Gasteiger partial charge in [-0.15, -0.1) is 0 Å². The van der Waals surface area contributed by atoms with E-state index in [0.29, 0.717) is 0 Å². The Bertz CT molecular complexity index is 2300. The number of para-hydroxylation sites is 7. The fraction of sp³-hybridized carbons (Fsp3) is 0.122. The van der Waals surface area contributed by atoms with Gasteiger partial charge in [0.1, 0.15) is 0 Å². The first kappa shape index (κ1) is 26.3. The summed E-state index contributed by atoms with van der Waals surface area (Å²) in [7, 11) is 2.19. The molecule has 0 aliphatic carbocycles. The fourth-order valence-electron chi connectivity index (χ4n) is 8.08. The normalized spacial score (nSPS) is 14.6. The maximum atomic E-state index is 3.85. The van der Waals surface area contributed by atoms with Crippen molar-refractivity contribution in [2.45, 2.75) is 26.3 Å². The number of nitrogens with one attached hydrogen (secondary N) is 2. The van der Waals surface area contributed by atoms with E-state index in [1.165, 1.54) is 56.6 Å². The van der Waals surface area contributed by atoms with Crippen molar-refractivity contribution in [3.63, 3.8) is 0 Å². The molecule has 0 radical (unpaired) electrons. The van der Waals surface area contributed by atoms with E-state index in [-0.39, 0.29) is 5.54 Å². The lowest BCUT2D eigenvalue weighted by Crippen LogP contribution is -2.41. The van der Waals surface area contributed by atoms with Crippen molar-refractivity contribution in [1.82, 2.24) is 0 Å². The van der Waals surface area contributed by atoms with E-state index in [1.54, 1.807) is 0 Å². The van der Waals surface area contributed by atoms with Crippen LogP contribution in [0.1, 0.15) is 20.8 Å². The summed E-state index contributed by atoms with van der Waals surface area (Å²) in [5, 5.41) is 7.58. The van der Waals surface area contributed by atoms with Crippen molar-refractivity contribution < 1.29 is 0 Å². The molecule has 0 atom stereocenters. The van der Waals surface area contributed by atoms with Crippen LogP contribution in [0.2, 0.25) is 0 Å². The van der Waals surface area contributed by atoms with Gasteiger partial charge in [0.15, 0.2) is 0 Å². The summed E-state index contributed by atoms with van der Waals surface area (Å²) in [5.74, 6) is 0. The van der Waals surface area contributed by atoms with Gasteiger partial charge < -0.3 is 30.2 Å². The molecule has 0 aromatic heterocycles. The highest BCUT2D eigenvalue weighted by Crippen LogP contribution is 2.62. The van der Waals surface area contributed by atoms with Crippen LogP contribution in [0.25, 0.3) is 11.1 Å². The fourth-order valence-corrected chi connectivity index (χ4v) is 8.08. The summed E-state index contributed by atoms with van der Waals surface area (Å²) in [6, 6.07) is 44.1. The summed E-state index contributed by atoms with van der Waals surface area (Å²) in [4.78, 5) is 9.70. The lowest BCUT2D eigenvalue weighted by atomic mass is 9.93. The summed E-state index contributed by atoms with van der Waals surface area (Å²) in [6.45, 7) is 6.85. The summed E-state index contributed by atoms with van der Waals surface area (Å²) < 4.78 is 0. The van der Waals surface area contributed by atoms with Gasteiger partial charge in [0.05, 0.1) is 79.6 Å².